The Morgan fingerprint density at radius 3 is 2.63 bits per heavy atom. The van der Waals surface area contributed by atoms with Crippen molar-refractivity contribution in [2.45, 2.75) is 59.6 Å². The van der Waals surface area contributed by atoms with E-state index < -0.39 is 11.6 Å². The summed E-state index contributed by atoms with van der Waals surface area (Å²) in [6, 6.07) is 3.63. The number of hydrogen-bond donors (Lipinski definition) is 0. The number of amides is 1. The van der Waals surface area contributed by atoms with Gasteiger partial charge >= 0.3 is 12.1 Å². The maximum atomic E-state index is 13.0. The number of aromatic nitrogens is 1. The summed E-state index contributed by atoms with van der Waals surface area (Å²) in [5.74, 6) is 0.726. The van der Waals surface area contributed by atoms with Gasteiger partial charge in [0.15, 0.2) is 0 Å². The minimum absolute atomic E-state index is 0.00650. The molecule has 166 valence electrons. The number of carbonyl (C=O) groups is 2. The van der Waals surface area contributed by atoms with Crippen LogP contribution < -0.4 is 4.90 Å². The Balaban J connectivity index is 2.20. The van der Waals surface area contributed by atoms with Crippen molar-refractivity contribution in [3.05, 3.63) is 30.0 Å². The number of nitrogens with zero attached hydrogens (tertiary/aromatic N) is 3. The van der Waals surface area contributed by atoms with Crippen LogP contribution in [0.25, 0.3) is 6.08 Å². The van der Waals surface area contributed by atoms with Gasteiger partial charge in [-0.1, -0.05) is 13.8 Å². The van der Waals surface area contributed by atoms with Crippen LogP contribution in [-0.2, 0) is 14.3 Å². The lowest BCUT2D eigenvalue weighted by Gasteiger charge is -2.31. The highest BCUT2D eigenvalue weighted by atomic mass is 16.6. The second-order valence-electron chi connectivity index (χ2n) is 8.98. The number of likely N-dealkylation sites (tertiary alicyclic amines) is 1. The molecule has 1 fully saturated rings. The lowest BCUT2D eigenvalue weighted by molar-refractivity contribution is -0.137. The third-order valence-corrected chi connectivity index (χ3v) is 4.54. The molecule has 1 aliphatic rings. The van der Waals surface area contributed by atoms with Crippen molar-refractivity contribution >= 4 is 24.0 Å². The van der Waals surface area contributed by atoms with Crippen molar-refractivity contribution in [3.63, 3.8) is 0 Å². The van der Waals surface area contributed by atoms with Crippen molar-refractivity contribution in [2.24, 2.45) is 5.92 Å². The number of ether oxygens (including phenoxy) is 2. The number of rotatable bonds is 7. The number of hydrogen-bond acceptors (Lipinski definition) is 6. The van der Waals surface area contributed by atoms with Crippen LogP contribution in [0.2, 0.25) is 0 Å². The monoisotopic (exact) mass is 417 g/mol. The molecule has 0 bridgehead atoms. The first-order chi connectivity index (χ1) is 14.1. The first-order valence-electron chi connectivity index (χ1n) is 10.6. The molecule has 0 aromatic carbocycles. The van der Waals surface area contributed by atoms with Gasteiger partial charge in [0.1, 0.15) is 11.4 Å². The van der Waals surface area contributed by atoms with E-state index in [0.29, 0.717) is 18.3 Å². The highest BCUT2D eigenvalue weighted by Crippen LogP contribution is 2.25. The van der Waals surface area contributed by atoms with E-state index in [9.17, 15) is 9.59 Å². The second-order valence-corrected chi connectivity index (χ2v) is 8.98. The van der Waals surface area contributed by atoms with Crippen molar-refractivity contribution in [2.75, 3.05) is 31.1 Å². The molecule has 0 saturated carbocycles. The summed E-state index contributed by atoms with van der Waals surface area (Å²) >= 11 is 0. The first-order valence-corrected chi connectivity index (χ1v) is 10.6. The Labute approximate surface area is 180 Å². The van der Waals surface area contributed by atoms with Crippen LogP contribution in [0.3, 0.4) is 0 Å². The predicted molar refractivity (Wildman–Crippen MR) is 118 cm³/mol. The minimum atomic E-state index is -0.589. The lowest BCUT2D eigenvalue weighted by Crippen LogP contribution is -2.45. The summed E-state index contributed by atoms with van der Waals surface area (Å²) < 4.78 is 10.6. The van der Waals surface area contributed by atoms with Crippen LogP contribution in [0.4, 0.5) is 10.6 Å². The van der Waals surface area contributed by atoms with Gasteiger partial charge in [-0.3, -0.25) is 4.90 Å². The molecular weight excluding hydrogens is 382 g/mol. The number of esters is 1. The van der Waals surface area contributed by atoms with Gasteiger partial charge in [-0.15, -0.1) is 0 Å². The first kappa shape index (κ1) is 23.9. The van der Waals surface area contributed by atoms with Crippen LogP contribution in [-0.4, -0.2) is 59.8 Å². The summed E-state index contributed by atoms with van der Waals surface area (Å²) in [6.45, 7) is 14.8. The fourth-order valence-electron chi connectivity index (χ4n) is 3.44. The average Bonchev–Trinajstić information content (AvgIpc) is 3.07. The van der Waals surface area contributed by atoms with E-state index in [1.807, 2.05) is 26.8 Å². The van der Waals surface area contributed by atoms with Crippen molar-refractivity contribution < 1.29 is 19.1 Å². The van der Waals surface area contributed by atoms with E-state index in [-0.39, 0.29) is 12.1 Å². The fourth-order valence-corrected chi connectivity index (χ4v) is 3.44. The Kier molecular flexibility index (Phi) is 8.41. The van der Waals surface area contributed by atoms with E-state index in [2.05, 4.69) is 23.7 Å². The normalized spacial score (nSPS) is 17.5. The summed E-state index contributed by atoms with van der Waals surface area (Å²) in [5.41, 5.74) is 0.164. The third-order valence-electron chi connectivity index (χ3n) is 4.54. The van der Waals surface area contributed by atoms with E-state index in [4.69, 9.17) is 9.47 Å². The number of pyridine rings is 1. The van der Waals surface area contributed by atoms with Crippen LogP contribution in [0.1, 0.15) is 53.5 Å². The fraction of sp³-hybridized carbons (Fsp3) is 0.609. The smallest absolute Gasteiger partial charge is 0.416 e. The predicted octanol–water partition coefficient (Wildman–Crippen LogP) is 4.13. The molecular formula is C23H35N3O4. The molecule has 1 saturated heterocycles. The van der Waals surface area contributed by atoms with Gasteiger partial charge in [-0.25, -0.2) is 14.6 Å². The molecule has 7 nitrogen and oxygen atoms in total. The van der Waals surface area contributed by atoms with Crippen LogP contribution >= 0.6 is 0 Å². The molecule has 1 amide bonds. The Morgan fingerprint density at radius 2 is 2.07 bits per heavy atom. The molecule has 1 aliphatic heterocycles. The molecule has 2 heterocycles. The zero-order valence-electron chi connectivity index (χ0n) is 19.1. The van der Waals surface area contributed by atoms with Crippen LogP contribution in [0.15, 0.2) is 24.4 Å². The molecule has 0 radical (unpaired) electrons. The largest absolute Gasteiger partial charge is 0.463 e. The lowest BCUT2D eigenvalue weighted by atomic mass is 10.2. The minimum Gasteiger partial charge on any atom is -0.463 e. The highest BCUT2D eigenvalue weighted by Gasteiger charge is 2.35. The maximum absolute atomic E-state index is 13.0. The van der Waals surface area contributed by atoms with Gasteiger partial charge in [0.05, 0.1) is 12.6 Å². The van der Waals surface area contributed by atoms with Gasteiger partial charge in [0.25, 0.3) is 0 Å². The van der Waals surface area contributed by atoms with E-state index >= 15 is 0 Å². The van der Waals surface area contributed by atoms with Crippen molar-refractivity contribution in [1.29, 1.82) is 0 Å². The topological polar surface area (TPSA) is 72.0 Å². The SMILES string of the molecule is CCOC(=O)C=Cc1ccc(N(C(=O)OC(C)(C)C)[C@@H]2CCN(CC(C)C)C2)nc1. The highest BCUT2D eigenvalue weighted by molar-refractivity contribution is 5.88. The van der Waals surface area contributed by atoms with Crippen LogP contribution in [0.5, 0.6) is 0 Å². The average molecular weight is 418 g/mol. The molecule has 2 rings (SSSR count). The molecule has 7 heteroatoms. The quantitative estimate of drug-likeness (QED) is 0.491. The van der Waals surface area contributed by atoms with Crippen LogP contribution in [0, 0.1) is 5.92 Å². The summed E-state index contributed by atoms with van der Waals surface area (Å²) in [7, 11) is 0. The number of anilines is 1. The molecule has 0 spiro atoms. The van der Waals surface area contributed by atoms with Gasteiger partial charge in [-0.05, 0) is 63.8 Å². The number of carbonyl (C=O) groups excluding carboxylic acids is 2. The van der Waals surface area contributed by atoms with Gasteiger partial charge < -0.3 is 14.4 Å². The zero-order chi connectivity index (χ0) is 22.3. The molecule has 1 aromatic rings. The molecule has 30 heavy (non-hydrogen) atoms. The van der Waals surface area contributed by atoms with Crippen molar-refractivity contribution in [1.82, 2.24) is 9.88 Å². The molecule has 0 aliphatic carbocycles. The van der Waals surface area contributed by atoms with Crippen molar-refractivity contribution in [3.8, 4) is 0 Å². The molecule has 1 aromatic heterocycles. The Bertz CT molecular complexity index is 738. The molecule has 1 atom stereocenters. The standard InChI is InChI=1S/C23H35N3O4/c1-7-29-21(27)11-9-18-8-10-20(24-14-18)26(22(28)30-23(4,5)6)19-12-13-25(16-19)15-17(2)3/h8-11,14,17,19H,7,12-13,15-16H2,1-6H3/t19-/m1/s1. The second kappa shape index (κ2) is 10.6. The van der Waals surface area contributed by atoms with Gasteiger partial charge in [-0.2, -0.15) is 0 Å². The summed E-state index contributed by atoms with van der Waals surface area (Å²) in [6.07, 6.45) is 5.14. The summed E-state index contributed by atoms with van der Waals surface area (Å²) in [4.78, 5) is 33.0. The third kappa shape index (κ3) is 7.44. The zero-order valence-corrected chi connectivity index (χ0v) is 19.1. The van der Waals surface area contributed by atoms with E-state index in [0.717, 1.165) is 31.6 Å². The summed E-state index contributed by atoms with van der Waals surface area (Å²) in [5, 5.41) is 0. The van der Waals surface area contributed by atoms with E-state index in [1.165, 1.54) is 6.08 Å². The Morgan fingerprint density at radius 1 is 1.33 bits per heavy atom. The van der Waals surface area contributed by atoms with E-state index in [1.54, 1.807) is 30.2 Å². The van der Waals surface area contributed by atoms with Gasteiger partial charge in [0, 0.05) is 31.9 Å². The van der Waals surface area contributed by atoms with Gasteiger partial charge in [0.2, 0.25) is 0 Å². The Hall–Kier alpha value is -2.41. The molecule has 0 N–H and O–H groups in total. The molecule has 0 unspecified atom stereocenters. The maximum Gasteiger partial charge on any atom is 0.416 e.